The van der Waals surface area contributed by atoms with Crippen LogP contribution in [0, 0.1) is 6.92 Å². The third-order valence-corrected chi connectivity index (χ3v) is 5.87. The number of fused-ring (bicyclic) bond motifs is 2. The molecule has 2 N–H and O–H groups in total. The van der Waals surface area contributed by atoms with Crippen molar-refractivity contribution in [2.24, 2.45) is 0 Å². The van der Waals surface area contributed by atoms with E-state index in [0.717, 1.165) is 30.7 Å². The molecule has 0 saturated heterocycles. The highest BCUT2D eigenvalue weighted by Gasteiger charge is 2.13. The molecular formula is C25H30N6O4. The zero-order chi connectivity index (χ0) is 24.9. The van der Waals surface area contributed by atoms with Gasteiger partial charge < -0.3 is 19.1 Å². The molecule has 0 aliphatic carbocycles. The molecule has 0 aliphatic rings. The summed E-state index contributed by atoms with van der Waals surface area (Å²) in [5.41, 5.74) is 1.67. The summed E-state index contributed by atoms with van der Waals surface area (Å²) < 4.78 is 16.6. The van der Waals surface area contributed by atoms with Crippen LogP contribution in [-0.2, 0) is 0 Å². The highest BCUT2D eigenvalue weighted by molar-refractivity contribution is 5.86. The van der Waals surface area contributed by atoms with Gasteiger partial charge in [-0.2, -0.15) is 0 Å². The number of rotatable bonds is 10. The number of likely N-dealkylation sites (N-methyl/N-ethyl adjacent to an activating group) is 1. The van der Waals surface area contributed by atoms with Gasteiger partial charge in [-0.05, 0) is 44.3 Å². The smallest absolute Gasteiger partial charge is 0.260 e. The van der Waals surface area contributed by atoms with E-state index in [2.05, 4.69) is 44.0 Å². The number of nitrogens with zero attached hydrogens (tertiary/aromatic N) is 4. The van der Waals surface area contributed by atoms with Crippen LogP contribution in [0.15, 0.2) is 35.1 Å². The van der Waals surface area contributed by atoms with Gasteiger partial charge in [0.15, 0.2) is 11.5 Å². The number of H-pyrrole nitrogens is 1. The molecule has 0 amide bonds. The Morgan fingerprint density at radius 1 is 0.943 bits per heavy atom. The summed E-state index contributed by atoms with van der Waals surface area (Å²) in [5.74, 6) is 2.36. The number of aromatic amines is 1. The van der Waals surface area contributed by atoms with Crippen LogP contribution in [0.5, 0.6) is 17.2 Å². The number of aryl methyl sites for hydroxylation is 1. The molecule has 184 valence electrons. The Hall–Kier alpha value is -3.92. The summed E-state index contributed by atoms with van der Waals surface area (Å²) in [6.07, 6.45) is 0. The predicted molar refractivity (Wildman–Crippen MR) is 136 cm³/mol. The van der Waals surface area contributed by atoms with E-state index in [1.54, 1.807) is 32.4 Å². The predicted octanol–water partition coefficient (Wildman–Crippen LogP) is 3.66. The fraction of sp³-hybridized carbons (Fsp3) is 0.360. The molecule has 0 unspecified atom stereocenters. The molecule has 2 heterocycles. The molecule has 10 nitrogen and oxygen atoms in total. The van der Waals surface area contributed by atoms with Crippen molar-refractivity contribution in [1.29, 1.82) is 0 Å². The van der Waals surface area contributed by atoms with Crippen molar-refractivity contribution in [1.82, 2.24) is 24.8 Å². The lowest BCUT2D eigenvalue weighted by Gasteiger charge is -2.18. The van der Waals surface area contributed by atoms with Crippen LogP contribution in [0.25, 0.3) is 21.8 Å². The Morgan fingerprint density at radius 2 is 1.69 bits per heavy atom. The molecule has 10 heteroatoms. The molecule has 0 saturated carbocycles. The minimum atomic E-state index is -0.282. The SMILES string of the molecule is CCN(CC)CCOc1ccc2nc(Nc3nc(C)c4cc(OC)c(OC)cc4n3)[nH]c(=O)c2c1. The van der Waals surface area contributed by atoms with Gasteiger partial charge in [0.2, 0.25) is 11.9 Å². The Kier molecular flexibility index (Phi) is 7.31. The molecular weight excluding hydrogens is 448 g/mol. The van der Waals surface area contributed by atoms with Crippen LogP contribution in [0.2, 0.25) is 0 Å². The molecule has 0 radical (unpaired) electrons. The van der Waals surface area contributed by atoms with E-state index in [9.17, 15) is 4.79 Å². The molecule has 0 aliphatic heterocycles. The van der Waals surface area contributed by atoms with E-state index in [4.69, 9.17) is 14.2 Å². The summed E-state index contributed by atoms with van der Waals surface area (Å²) in [6, 6.07) is 8.92. The van der Waals surface area contributed by atoms with Crippen molar-refractivity contribution in [2.75, 3.05) is 45.8 Å². The number of benzene rings is 2. The van der Waals surface area contributed by atoms with Crippen molar-refractivity contribution in [3.05, 3.63) is 46.4 Å². The fourth-order valence-corrected chi connectivity index (χ4v) is 3.87. The maximum Gasteiger partial charge on any atom is 0.260 e. The number of hydrogen-bond donors (Lipinski definition) is 2. The van der Waals surface area contributed by atoms with Crippen LogP contribution in [0.3, 0.4) is 0 Å². The van der Waals surface area contributed by atoms with E-state index >= 15 is 0 Å². The van der Waals surface area contributed by atoms with E-state index in [1.165, 1.54) is 0 Å². The molecule has 0 spiro atoms. The standard InChI is InChI=1S/C25H30N6O4/c1-6-31(7-2)10-11-35-16-8-9-19-18(12-16)23(32)29-25(27-19)30-24-26-15(3)17-13-21(33-4)22(34-5)14-20(17)28-24/h8-9,12-14H,6-7,10-11H2,1-5H3,(H2,26,27,28,29,30,32). The summed E-state index contributed by atoms with van der Waals surface area (Å²) >= 11 is 0. The molecule has 35 heavy (non-hydrogen) atoms. The Bertz CT molecular complexity index is 1400. The van der Waals surface area contributed by atoms with E-state index in [-0.39, 0.29) is 11.5 Å². The average Bonchev–Trinajstić information content (AvgIpc) is 2.86. The summed E-state index contributed by atoms with van der Waals surface area (Å²) in [7, 11) is 3.15. The molecule has 0 fully saturated rings. The van der Waals surface area contributed by atoms with Gasteiger partial charge in [-0.1, -0.05) is 13.8 Å². The average molecular weight is 479 g/mol. The highest BCUT2D eigenvalue weighted by atomic mass is 16.5. The van der Waals surface area contributed by atoms with Gasteiger partial charge in [-0.15, -0.1) is 0 Å². The number of anilines is 2. The van der Waals surface area contributed by atoms with Gasteiger partial charge in [-0.25, -0.2) is 15.0 Å². The lowest BCUT2D eigenvalue weighted by Crippen LogP contribution is -2.27. The molecule has 4 rings (SSSR count). The number of methoxy groups -OCH3 is 2. The minimum absolute atomic E-state index is 0.247. The topological polar surface area (TPSA) is 114 Å². The monoisotopic (exact) mass is 478 g/mol. The maximum absolute atomic E-state index is 12.8. The summed E-state index contributed by atoms with van der Waals surface area (Å²) in [6.45, 7) is 9.43. The first kappa shape index (κ1) is 24.2. The molecule has 2 aromatic carbocycles. The van der Waals surface area contributed by atoms with Gasteiger partial charge in [0.25, 0.3) is 5.56 Å². The lowest BCUT2D eigenvalue weighted by atomic mass is 10.1. The molecule has 4 aromatic rings. The largest absolute Gasteiger partial charge is 0.493 e. The summed E-state index contributed by atoms with van der Waals surface area (Å²) in [4.78, 5) is 31.4. The van der Waals surface area contributed by atoms with E-state index in [1.807, 2.05) is 19.1 Å². The fourth-order valence-electron chi connectivity index (χ4n) is 3.87. The number of nitrogens with one attached hydrogen (secondary N) is 2. The van der Waals surface area contributed by atoms with Gasteiger partial charge >= 0.3 is 0 Å². The number of hydrogen-bond acceptors (Lipinski definition) is 9. The Morgan fingerprint density at radius 3 is 2.40 bits per heavy atom. The second-order valence-corrected chi connectivity index (χ2v) is 7.95. The van der Waals surface area contributed by atoms with Gasteiger partial charge in [0.1, 0.15) is 12.4 Å². The second kappa shape index (κ2) is 10.6. The van der Waals surface area contributed by atoms with Crippen molar-refractivity contribution in [3.8, 4) is 17.2 Å². The van der Waals surface area contributed by atoms with Crippen LogP contribution in [0.4, 0.5) is 11.9 Å². The minimum Gasteiger partial charge on any atom is -0.493 e. The molecule has 2 aromatic heterocycles. The number of ether oxygens (including phenoxy) is 3. The quantitative estimate of drug-likeness (QED) is 0.352. The zero-order valence-corrected chi connectivity index (χ0v) is 20.6. The van der Waals surface area contributed by atoms with Gasteiger partial charge in [0, 0.05) is 18.0 Å². The number of aromatic nitrogens is 4. The van der Waals surface area contributed by atoms with Crippen molar-refractivity contribution >= 4 is 33.7 Å². The first-order valence-electron chi connectivity index (χ1n) is 11.5. The first-order valence-corrected chi connectivity index (χ1v) is 11.5. The van der Waals surface area contributed by atoms with Gasteiger partial charge in [0.05, 0.1) is 36.3 Å². The normalized spacial score (nSPS) is 11.3. The van der Waals surface area contributed by atoms with Crippen LogP contribution >= 0.6 is 0 Å². The van der Waals surface area contributed by atoms with Crippen molar-refractivity contribution in [2.45, 2.75) is 20.8 Å². The van der Waals surface area contributed by atoms with Crippen LogP contribution in [0.1, 0.15) is 19.5 Å². The van der Waals surface area contributed by atoms with Gasteiger partial charge in [-0.3, -0.25) is 15.1 Å². The second-order valence-electron chi connectivity index (χ2n) is 7.95. The molecule has 0 atom stereocenters. The van der Waals surface area contributed by atoms with Crippen LogP contribution in [-0.4, -0.2) is 65.3 Å². The Labute approximate surface area is 203 Å². The van der Waals surface area contributed by atoms with E-state index in [0.29, 0.717) is 46.2 Å². The zero-order valence-electron chi connectivity index (χ0n) is 20.6. The maximum atomic E-state index is 12.8. The van der Waals surface area contributed by atoms with Crippen molar-refractivity contribution in [3.63, 3.8) is 0 Å². The highest BCUT2D eigenvalue weighted by Crippen LogP contribution is 2.33. The molecule has 0 bridgehead atoms. The summed E-state index contributed by atoms with van der Waals surface area (Å²) in [5, 5.41) is 4.29. The van der Waals surface area contributed by atoms with Crippen LogP contribution < -0.4 is 25.1 Å². The third-order valence-electron chi connectivity index (χ3n) is 5.87. The Balaban J connectivity index is 1.58. The van der Waals surface area contributed by atoms with Crippen molar-refractivity contribution < 1.29 is 14.2 Å². The third kappa shape index (κ3) is 5.27. The lowest BCUT2D eigenvalue weighted by molar-refractivity contribution is 0.223. The first-order chi connectivity index (χ1) is 16.9. The van der Waals surface area contributed by atoms with E-state index < -0.39 is 0 Å².